The summed E-state index contributed by atoms with van der Waals surface area (Å²) in [5.41, 5.74) is 2.91. The molecule has 0 bridgehead atoms. The number of nitrogens with zero attached hydrogens (tertiary/aromatic N) is 1. The third kappa shape index (κ3) is 4.45. The summed E-state index contributed by atoms with van der Waals surface area (Å²) >= 11 is 0. The third-order valence-corrected chi connectivity index (χ3v) is 4.94. The molecule has 0 saturated carbocycles. The molecular formula is C18H25ClF2N2O. The number of piperidine rings is 2. The van der Waals surface area contributed by atoms with Crippen LogP contribution < -0.4 is 5.32 Å². The molecule has 1 aromatic carbocycles. The maximum atomic E-state index is 13.3. The number of aryl methyl sites for hydroxylation is 1. The summed E-state index contributed by atoms with van der Waals surface area (Å²) in [7, 11) is 0. The van der Waals surface area contributed by atoms with Crippen LogP contribution in [0.15, 0.2) is 18.2 Å². The van der Waals surface area contributed by atoms with Gasteiger partial charge in [0.1, 0.15) is 0 Å². The molecule has 2 aliphatic heterocycles. The number of rotatable bonds is 2. The molecule has 3 rings (SSSR count). The first-order valence-corrected chi connectivity index (χ1v) is 8.44. The van der Waals surface area contributed by atoms with Crippen molar-refractivity contribution in [2.45, 2.75) is 44.4 Å². The topological polar surface area (TPSA) is 32.3 Å². The van der Waals surface area contributed by atoms with Crippen LogP contribution in [0.3, 0.4) is 0 Å². The van der Waals surface area contributed by atoms with Gasteiger partial charge in [-0.05, 0) is 56.5 Å². The Morgan fingerprint density at radius 3 is 2.42 bits per heavy atom. The van der Waals surface area contributed by atoms with Crippen molar-refractivity contribution in [2.24, 2.45) is 0 Å². The molecule has 0 spiro atoms. The standard InChI is InChI=1S/C18H24F2N2O.ClH/c1-13-10-15(14-2-6-21-7-3-14)12-16(11-13)17(23)22-8-4-18(19,20)5-9-22;/h10-12,14,21H,2-9H2,1H3;1H. The smallest absolute Gasteiger partial charge is 0.253 e. The molecule has 0 unspecified atom stereocenters. The van der Waals surface area contributed by atoms with E-state index in [9.17, 15) is 13.6 Å². The quantitative estimate of drug-likeness (QED) is 0.873. The van der Waals surface area contributed by atoms with Crippen molar-refractivity contribution in [3.63, 3.8) is 0 Å². The fourth-order valence-electron chi connectivity index (χ4n) is 3.55. The van der Waals surface area contributed by atoms with E-state index in [-0.39, 0.29) is 44.2 Å². The molecule has 1 amide bonds. The first kappa shape index (κ1) is 19.1. The zero-order chi connectivity index (χ0) is 16.4. The lowest BCUT2D eigenvalue weighted by molar-refractivity contribution is -0.0494. The number of amides is 1. The van der Waals surface area contributed by atoms with Crippen molar-refractivity contribution >= 4 is 18.3 Å². The van der Waals surface area contributed by atoms with Crippen molar-refractivity contribution < 1.29 is 13.6 Å². The molecule has 0 aliphatic carbocycles. The first-order chi connectivity index (χ1) is 10.9. The molecule has 6 heteroatoms. The van der Waals surface area contributed by atoms with Crippen molar-refractivity contribution in [2.75, 3.05) is 26.2 Å². The molecule has 1 N–H and O–H groups in total. The molecule has 0 radical (unpaired) electrons. The Hall–Kier alpha value is -1.20. The molecule has 2 heterocycles. The summed E-state index contributed by atoms with van der Waals surface area (Å²) in [5.74, 6) is -2.25. The van der Waals surface area contributed by atoms with Gasteiger partial charge in [-0.3, -0.25) is 4.79 Å². The van der Waals surface area contributed by atoms with Crippen molar-refractivity contribution in [1.82, 2.24) is 10.2 Å². The van der Waals surface area contributed by atoms with E-state index in [4.69, 9.17) is 0 Å². The van der Waals surface area contributed by atoms with E-state index in [1.165, 1.54) is 5.56 Å². The molecule has 0 aromatic heterocycles. The fraction of sp³-hybridized carbons (Fsp3) is 0.611. The Labute approximate surface area is 148 Å². The molecule has 0 atom stereocenters. The lowest BCUT2D eigenvalue weighted by atomic mass is 9.88. The molecule has 2 aliphatic rings. The number of alkyl halides is 2. The van der Waals surface area contributed by atoms with Crippen molar-refractivity contribution in [3.8, 4) is 0 Å². The average molecular weight is 359 g/mol. The van der Waals surface area contributed by atoms with E-state index < -0.39 is 5.92 Å². The monoisotopic (exact) mass is 358 g/mol. The van der Waals surface area contributed by atoms with Crippen molar-refractivity contribution in [3.05, 3.63) is 34.9 Å². The third-order valence-electron chi connectivity index (χ3n) is 4.94. The van der Waals surface area contributed by atoms with Gasteiger partial charge in [-0.25, -0.2) is 8.78 Å². The average Bonchev–Trinajstić information content (AvgIpc) is 2.54. The van der Waals surface area contributed by atoms with Crippen molar-refractivity contribution in [1.29, 1.82) is 0 Å². The van der Waals surface area contributed by atoms with Crippen LogP contribution in [0.1, 0.15) is 53.1 Å². The molecule has 2 fully saturated rings. The Kier molecular flexibility index (Phi) is 6.21. The highest BCUT2D eigenvalue weighted by Crippen LogP contribution is 2.30. The first-order valence-electron chi connectivity index (χ1n) is 8.44. The Morgan fingerprint density at radius 2 is 1.79 bits per heavy atom. The van der Waals surface area contributed by atoms with Gasteiger partial charge in [-0.1, -0.05) is 11.6 Å². The van der Waals surface area contributed by atoms with Crippen LogP contribution in [-0.4, -0.2) is 42.9 Å². The van der Waals surface area contributed by atoms with Gasteiger partial charge in [0.25, 0.3) is 11.8 Å². The van der Waals surface area contributed by atoms with Crippen LogP contribution in [-0.2, 0) is 0 Å². The number of nitrogens with one attached hydrogen (secondary N) is 1. The summed E-state index contributed by atoms with van der Waals surface area (Å²) in [6.45, 7) is 4.28. The summed E-state index contributed by atoms with van der Waals surface area (Å²) in [4.78, 5) is 14.2. The van der Waals surface area contributed by atoms with Gasteiger partial charge in [-0.15, -0.1) is 12.4 Å². The number of hydrogen-bond acceptors (Lipinski definition) is 2. The number of benzene rings is 1. The number of carbonyl (C=O) groups is 1. The predicted octanol–water partition coefficient (Wildman–Crippen LogP) is 3.76. The van der Waals surface area contributed by atoms with Gasteiger partial charge in [-0.2, -0.15) is 0 Å². The molecular weight excluding hydrogens is 334 g/mol. The summed E-state index contributed by atoms with van der Waals surface area (Å²) in [5, 5.41) is 3.35. The zero-order valence-electron chi connectivity index (χ0n) is 14.0. The summed E-state index contributed by atoms with van der Waals surface area (Å²) < 4.78 is 26.5. The SMILES string of the molecule is Cc1cc(C(=O)N2CCC(F)(F)CC2)cc(C2CCNCC2)c1.Cl. The normalized spacial score (nSPS) is 21.2. The Bertz CT molecular complexity index is 578. The number of carbonyl (C=O) groups excluding carboxylic acids is 1. The van der Waals surface area contributed by atoms with E-state index >= 15 is 0 Å². The van der Waals surface area contributed by atoms with Crippen LogP contribution in [0.25, 0.3) is 0 Å². The molecule has 1 aromatic rings. The van der Waals surface area contributed by atoms with E-state index in [1.807, 2.05) is 19.1 Å². The Balaban J connectivity index is 0.00000208. The maximum Gasteiger partial charge on any atom is 0.253 e. The molecule has 3 nitrogen and oxygen atoms in total. The number of halogens is 3. The van der Waals surface area contributed by atoms with E-state index in [1.54, 1.807) is 4.90 Å². The van der Waals surface area contributed by atoms with Crippen LogP contribution in [0.4, 0.5) is 8.78 Å². The minimum atomic E-state index is -2.62. The van der Waals surface area contributed by atoms with Gasteiger partial charge in [0, 0.05) is 31.5 Å². The summed E-state index contributed by atoms with van der Waals surface area (Å²) in [6, 6.07) is 5.99. The van der Waals surface area contributed by atoms with Gasteiger partial charge >= 0.3 is 0 Å². The molecule has 134 valence electrons. The van der Waals surface area contributed by atoms with Crippen LogP contribution >= 0.6 is 12.4 Å². The number of likely N-dealkylation sites (tertiary alicyclic amines) is 1. The maximum absolute atomic E-state index is 13.3. The highest BCUT2D eigenvalue weighted by atomic mass is 35.5. The highest BCUT2D eigenvalue weighted by Gasteiger charge is 2.35. The van der Waals surface area contributed by atoms with Gasteiger partial charge < -0.3 is 10.2 Å². The minimum Gasteiger partial charge on any atom is -0.338 e. The number of hydrogen-bond donors (Lipinski definition) is 1. The van der Waals surface area contributed by atoms with Crippen LogP contribution in [0, 0.1) is 6.92 Å². The molecule has 24 heavy (non-hydrogen) atoms. The lowest BCUT2D eigenvalue weighted by Crippen LogP contribution is -2.42. The highest BCUT2D eigenvalue weighted by molar-refractivity contribution is 5.94. The van der Waals surface area contributed by atoms with E-state index in [2.05, 4.69) is 11.4 Å². The second-order valence-electron chi connectivity index (χ2n) is 6.80. The summed E-state index contributed by atoms with van der Waals surface area (Å²) in [6.07, 6.45) is 1.69. The second kappa shape index (κ2) is 7.79. The largest absolute Gasteiger partial charge is 0.338 e. The van der Waals surface area contributed by atoms with Crippen LogP contribution in [0.5, 0.6) is 0 Å². The van der Waals surface area contributed by atoms with E-state index in [0.717, 1.165) is 31.5 Å². The van der Waals surface area contributed by atoms with E-state index in [0.29, 0.717) is 11.5 Å². The van der Waals surface area contributed by atoms with Crippen LogP contribution in [0.2, 0.25) is 0 Å². The fourth-order valence-corrected chi connectivity index (χ4v) is 3.55. The minimum absolute atomic E-state index is 0. The second-order valence-corrected chi connectivity index (χ2v) is 6.80. The van der Waals surface area contributed by atoms with Gasteiger partial charge in [0.05, 0.1) is 0 Å². The zero-order valence-corrected chi connectivity index (χ0v) is 14.8. The lowest BCUT2D eigenvalue weighted by Gasteiger charge is -2.32. The van der Waals surface area contributed by atoms with Gasteiger partial charge in [0.2, 0.25) is 0 Å². The predicted molar refractivity (Wildman–Crippen MR) is 93.4 cm³/mol. The van der Waals surface area contributed by atoms with Gasteiger partial charge in [0.15, 0.2) is 0 Å². The Morgan fingerprint density at radius 1 is 1.17 bits per heavy atom. The molecule has 2 saturated heterocycles.